The van der Waals surface area contributed by atoms with Gasteiger partial charge in [-0.1, -0.05) is 0 Å². The zero-order valence-electron chi connectivity index (χ0n) is 16.5. The first-order valence-electron chi connectivity index (χ1n) is 10.0. The lowest BCUT2D eigenvalue weighted by molar-refractivity contribution is -0.119. The molecular formula is C20H27FN4O4. The number of carbonyl (C=O) groups excluding carboxylic acids is 2. The Labute approximate surface area is 169 Å². The van der Waals surface area contributed by atoms with Gasteiger partial charge >= 0.3 is 6.09 Å². The van der Waals surface area contributed by atoms with E-state index >= 15 is 0 Å². The Kier molecular flexibility index (Phi) is 5.60. The summed E-state index contributed by atoms with van der Waals surface area (Å²) in [6, 6.07) is 4.85. The minimum Gasteiger partial charge on any atom is -0.442 e. The van der Waals surface area contributed by atoms with Crippen molar-refractivity contribution in [2.45, 2.75) is 13.0 Å². The Morgan fingerprint density at radius 3 is 2.59 bits per heavy atom. The summed E-state index contributed by atoms with van der Waals surface area (Å²) < 4.78 is 20.1. The summed E-state index contributed by atoms with van der Waals surface area (Å²) in [6.07, 6.45) is -0.985. The molecule has 3 heterocycles. The third-order valence-electron chi connectivity index (χ3n) is 6.01. The van der Waals surface area contributed by atoms with E-state index in [9.17, 15) is 14.0 Å². The number of amides is 2. The number of hydrogen-bond donors (Lipinski definition) is 2. The normalized spacial score (nSPS) is 26.7. The number of aliphatic hydroxyl groups is 1. The van der Waals surface area contributed by atoms with Gasteiger partial charge in [-0.05, 0) is 30.0 Å². The summed E-state index contributed by atoms with van der Waals surface area (Å²) in [5.41, 5.74) is 1.01. The number of aliphatic hydroxyl groups excluding tert-OH is 1. The summed E-state index contributed by atoms with van der Waals surface area (Å²) in [5.74, 6) is 0.435. The van der Waals surface area contributed by atoms with E-state index < -0.39 is 12.2 Å². The lowest BCUT2D eigenvalue weighted by atomic mass is 10.0. The number of fused-ring (bicyclic) bond motifs is 1. The highest BCUT2D eigenvalue weighted by Gasteiger charge is 2.40. The molecule has 0 spiro atoms. The van der Waals surface area contributed by atoms with Crippen molar-refractivity contribution in [2.75, 3.05) is 62.2 Å². The second kappa shape index (κ2) is 8.16. The molecule has 0 aliphatic carbocycles. The van der Waals surface area contributed by atoms with Crippen LogP contribution < -0.4 is 15.1 Å². The minimum atomic E-state index is -0.535. The van der Waals surface area contributed by atoms with Gasteiger partial charge in [0.1, 0.15) is 11.9 Å². The molecule has 2 amide bonds. The highest BCUT2D eigenvalue weighted by atomic mass is 19.1. The summed E-state index contributed by atoms with van der Waals surface area (Å²) in [6.45, 7) is 6.26. The van der Waals surface area contributed by atoms with Crippen LogP contribution in [0.3, 0.4) is 0 Å². The van der Waals surface area contributed by atoms with Crippen LogP contribution in [0.15, 0.2) is 18.2 Å². The van der Waals surface area contributed by atoms with E-state index in [0.717, 1.165) is 26.2 Å². The maximum absolute atomic E-state index is 14.9. The minimum absolute atomic E-state index is 0.170. The van der Waals surface area contributed by atoms with Crippen molar-refractivity contribution in [3.63, 3.8) is 0 Å². The van der Waals surface area contributed by atoms with Crippen molar-refractivity contribution in [2.24, 2.45) is 11.8 Å². The summed E-state index contributed by atoms with van der Waals surface area (Å²) in [5, 5.41) is 11.7. The molecule has 29 heavy (non-hydrogen) atoms. The number of hydrogen-bond acceptors (Lipinski definition) is 6. The fourth-order valence-electron chi connectivity index (χ4n) is 4.63. The number of carbonyl (C=O) groups is 2. The number of β-amino-alcohol motifs (C(OH)–C–C–N with tert-alkyl or cyclic N) is 1. The second-order valence-electron chi connectivity index (χ2n) is 8.10. The molecule has 4 rings (SSSR count). The SMILES string of the molecule is CC(=O)NC[C@H]1CN(c2ccc(N3C[C@H]4CN(CCO)C[C@H]4C3)c(F)c2)C(=O)O1. The molecule has 0 unspecified atom stereocenters. The van der Waals surface area contributed by atoms with Gasteiger partial charge in [0.2, 0.25) is 5.91 Å². The van der Waals surface area contributed by atoms with Crippen molar-refractivity contribution in [1.82, 2.24) is 10.2 Å². The maximum atomic E-state index is 14.9. The summed E-state index contributed by atoms with van der Waals surface area (Å²) in [4.78, 5) is 28.9. The average Bonchev–Trinajstić information content (AvgIpc) is 3.33. The van der Waals surface area contributed by atoms with E-state index in [1.54, 1.807) is 12.1 Å². The number of rotatable bonds is 6. The number of halogens is 1. The molecule has 3 aliphatic rings. The Hall–Kier alpha value is -2.39. The van der Waals surface area contributed by atoms with Crippen LogP contribution in [0, 0.1) is 17.7 Å². The zero-order chi connectivity index (χ0) is 20.5. The Bertz CT molecular complexity index is 778. The number of benzene rings is 1. The maximum Gasteiger partial charge on any atom is 0.414 e. The lowest BCUT2D eigenvalue weighted by Crippen LogP contribution is -2.33. The zero-order valence-corrected chi connectivity index (χ0v) is 16.5. The molecular weight excluding hydrogens is 379 g/mol. The third-order valence-corrected chi connectivity index (χ3v) is 6.01. The smallest absolute Gasteiger partial charge is 0.414 e. The third kappa shape index (κ3) is 4.16. The highest BCUT2D eigenvalue weighted by Crippen LogP contribution is 2.36. The van der Waals surface area contributed by atoms with Crippen LogP contribution in [-0.2, 0) is 9.53 Å². The van der Waals surface area contributed by atoms with Crippen LogP contribution in [0.1, 0.15) is 6.92 Å². The Morgan fingerprint density at radius 1 is 1.24 bits per heavy atom. The van der Waals surface area contributed by atoms with Gasteiger partial charge in [-0.2, -0.15) is 0 Å². The largest absolute Gasteiger partial charge is 0.442 e. The number of nitrogens with zero attached hydrogens (tertiary/aromatic N) is 3. The topological polar surface area (TPSA) is 85.4 Å². The van der Waals surface area contributed by atoms with Gasteiger partial charge in [-0.3, -0.25) is 9.69 Å². The first kappa shape index (κ1) is 19.9. The Morgan fingerprint density at radius 2 is 1.97 bits per heavy atom. The number of likely N-dealkylation sites (tertiary alicyclic amines) is 1. The van der Waals surface area contributed by atoms with Gasteiger partial charge in [0.25, 0.3) is 0 Å². The molecule has 9 heteroatoms. The molecule has 158 valence electrons. The number of cyclic esters (lactones) is 1. The highest BCUT2D eigenvalue weighted by molar-refractivity contribution is 5.90. The second-order valence-corrected chi connectivity index (χ2v) is 8.10. The van der Waals surface area contributed by atoms with E-state index in [1.807, 2.05) is 0 Å². The number of ether oxygens (including phenoxy) is 1. The fraction of sp³-hybridized carbons (Fsp3) is 0.600. The first-order chi connectivity index (χ1) is 13.9. The summed E-state index contributed by atoms with van der Waals surface area (Å²) >= 11 is 0. The van der Waals surface area contributed by atoms with Gasteiger partial charge in [0, 0.05) is 39.6 Å². The predicted molar refractivity (Wildman–Crippen MR) is 105 cm³/mol. The molecule has 1 aromatic rings. The van der Waals surface area contributed by atoms with Crippen LogP contribution >= 0.6 is 0 Å². The predicted octanol–water partition coefficient (Wildman–Crippen LogP) is 0.647. The molecule has 2 N–H and O–H groups in total. The fourth-order valence-corrected chi connectivity index (χ4v) is 4.63. The lowest BCUT2D eigenvalue weighted by Gasteiger charge is -2.24. The molecule has 3 fully saturated rings. The molecule has 8 nitrogen and oxygen atoms in total. The molecule has 0 saturated carbocycles. The standard InChI is InChI=1S/C20H27FN4O4/c1-13(27)22-7-17-12-25(20(28)29-17)16-2-3-19(18(21)6-16)24-10-14-8-23(4-5-26)9-15(14)11-24/h2-3,6,14-15,17,26H,4-5,7-12H2,1H3,(H,22,27)/t14-,15+,17-/m0/s1. The monoisotopic (exact) mass is 406 g/mol. The van der Waals surface area contributed by atoms with Crippen molar-refractivity contribution < 1.29 is 23.8 Å². The number of anilines is 2. The van der Waals surface area contributed by atoms with Crippen LogP contribution in [-0.4, -0.2) is 80.5 Å². The molecule has 3 atom stereocenters. The number of nitrogens with one attached hydrogen (secondary N) is 1. The molecule has 3 saturated heterocycles. The van der Waals surface area contributed by atoms with E-state index in [2.05, 4.69) is 15.1 Å². The van der Waals surface area contributed by atoms with Gasteiger partial charge in [-0.15, -0.1) is 0 Å². The van der Waals surface area contributed by atoms with Crippen molar-refractivity contribution in [3.8, 4) is 0 Å². The van der Waals surface area contributed by atoms with E-state index in [0.29, 0.717) is 29.8 Å². The molecule has 0 radical (unpaired) electrons. The Balaban J connectivity index is 1.39. The van der Waals surface area contributed by atoms with Crippen molar-refractivity contribution >= 4 is 23.4 Å². The summed E-state index contributed by atoms with van der Waals surface area (Å²) in [7, 11) is 0. The van der Waals surface area contributed by atoms with Crippen LogP contribution in [0.5, 0.6) is 0 Å². The quantitative estimate of drug-likeness (QED) is 0.722. The van der Waals surface area contributed by atoms with Crippen molar-refractivity contribution in [1.29, 1.82) is 0 Å². The van der Waals surface area contributed by atoms with Gasteiger partial charge < -0.3 is 25.0 Å². The molecule has 3 aliphatic heterocycles. The molecule has 0 bridgehead atoms. The van der Waals surface area contributed by atoms with Crippen LogP contribution in [0.25, 0.3) is 0 Å². The van der Waals surface area contributed by atoms with Gasteiger partial charge in [-0.25, -0.2) is 9.18 Å². The van der Waals surface area contributed by atoms with Crippen LogP contribution in [0.4, 0.5) is 20.6 Å². The van der Waals surface area contributed by atoms with Gasteiger partial charge in [0.05, 0.1) is 31.1 Å². The molecule has 0 aromatic heterocycles. The average molecular weight is 406 g/mol. The van der Waals surface area contributed by atoms with E-state index in [-0.39, 0.29) is 31.4 Å². The van der Waals surface area contributed by atoms with E-state index in [1.165, 1.54) is 17.9 Å². The first-order valence-corrected chi connectivity index (χ1v) is 10.0. The van der Waals surface area contributed by atoms with Crippen LogP contribution in [0.2, 0.25) is 0 Å². The van der Waals surface area contributed by atoms with Gasteiger partial charge in [0.15, 0.2) is 0 Å². The van der Waals surface area contributed by atoms with Crippen molar-refractivity contribution in [3.05, 3.63) is 24.0 Å². The molecule has 1 aromatic carbocycles. The van der Waals surface area contributed by atoms with E-state index in [4.69, 9.17) is 9.84 Å².